The Morgan fingerprint density at radius 1 is 1.11 bits per heavy atom. The standard InChI is InChI=1S/C30H34N2O5S/c1-6-15-36-24-10-8-7-9-23(24)27-26(29(34)37-17-16-35-5)20(4)31-30-32(27)28(33)25(38-30)18-21-11-13-22(14-12-21)19(2)3/h7-14,18-19,27H,6,15-17H2,1-5H3/b25-18+/t27-/m1/s1. The summed E-state index contributed by atoms with van der Waals surface area (Å²) in [6.45, 7) is 8.99. The Balaban J connectivity index is 1.88. The van der Waals surface area contributed by atoms with Crippen LogP contribution in [-0.4, -0.2) is 37.5 Å². The van der Waals surface area contributed by atoms with Gasteiger partial charge in [0, 0.05) is 12.7 Å². The normalized spacial score (nSPS) is 15.4. The molecule has 1 aromatic heterocycles. The third kappa shape index (κ3) is 5.81. The van der Waals surface area contributed by atoms with Gasteiger partial charge >= 0.3 is 5.97 Å². The molecule has 0 saturated heterocycles. The third-order valence-corrected chi connectivity index (χ3v) is 7.32. The largest absolute Gasteiger partial charge is 0.493 e. The molecule has 4 rings (SSSR count). The van der Waals surface area contributed by atoms with Crippen LogP contribution in [0.2, 0.25) is 0 Å². The van der Waals surface area contributed by atoms with E-state index in [4.69, 9.17) is 14.2 Å². The summed E-state index contributed by atoms with van der Waals surface area (Å²) in [6, 6.07) is 15.0. The second kappa shape index (κ2) is 12.4. The van der Waals surface area contributed by atoms with E-state index in [2.05, 4.69) is 31.0 Å². The van der Waals surface area contributed by atoms with Crippen LogP contribution in [0, 0.1) is 0 Å². The Kier molecular flexibility index (Phi) is 8.97. The monoisotopic (exact) mass is 534 g/mol. The van der Waals surface area contributed by atoms with Gasteiger partial charge in [0.2, 0.25) is 0 Å². The van der Waals surface area contributed by atoms with Crippen LogP contribution in [-0.2, 0) is 14.3 Å². The number of esters is 1. The fraction of sp³-hybridized carbons (Fsp3) is 0.367. The topological polar surface area (TPSA) is 79.1 Å². The number of methoxy groups -OCH3 is 1. The minimum atomic E-state index is -0.736. The molecule has 7 nitrogen and oxygen atoms in total. The molecule has 200 valence electrons. The Bertz CT molecular complexity index is 1500. The van der Waals surface area contributed by atoms with Gasteiger partial charge in [0.05, 0.1) is 29.0 Å². The van der Waals surface area contributed by atoms with Crippen LogP contribution >= 0.6 is 11.3 Å². The van der Waals surface area contributed by atoms with Crippen LogP contribution in [0.15, 0.2) is 69.6 Å². The van der Waals surface area contributed by atoms with Gasteiger partial charge in [-0.25, -0.2) is 9.79 Å². The van der Waals surface area contributed by atoms with Crippen molar-refractivity contribution >= 4 is 23.4 Å². The fourth-order valence-electron chi connectivity index (χ4n) is 4.35. The molecule has 1 aliphatic heterocycles. The van der Waals surface area contributed by atoms with Crippen LogP contribution in [0.5, 0.6) is 5.75 Å². The zero-order valence-electron chi connectivity index (χ0n) is 22.5. The lowest BCUT2D eigenvalue weighted by atomic mass is 9.95. The molecule has 2 heterocycles. The lowest BCUT2D eigenvalue weighted by Crippen LogP contribution is -2.40. The minimum Gasteiger partial charge on any atom is -0.493 e. The second-order valence-corrected chi connectivity index (χ2v) is 10.4. The molecule has 0 aliphatic carbocycles. The van der Waals surface area contributed by atoms with Gasteiger partial charge in [0.1, 0.15) is 18.4 Å². The molecule has 3 aromatic rings. The first kappa shape index (κ1) is 27.5. The first-order chi connectivity index (χ1) is 18.3. The molecule has 0 fully saturated rings. The number of ether oxygens (including phenoxy) is 3. The van der Waals surface area contributed by atoms with Gasteiger partial charge in [-0.1, -0.05) is 74.6 Å². The van der Waals surface area contributed by atoms with E-state index < -0.39 is 12.0 Å². The summed E-state index contributed by atoms with van der Waals surface area (Å²) in [5.74, 6) is 0.515. The third-order valence-electron chi connectivity index (χ3n) is 6.34. The van der Waals surface area contributed by atoms with Crippen molar-refractivity contribution in [3.05, 3.63) is 96.2 Å². The first-order valence-electron chi connectivity index (χ1n) is 12.9. The van der Waals surface area contributed by atoms with Gasteiger partial charge in [-0.05, 0) is 42.5 Å². The Labute approximate surface area is 226 Å². The van der Waals surface area contributed by atoms with Crippen LogP contribution in [0.25, 0.3) is 6.08 Å². The van der Waals surface area contributed by atoms with E-state index in [1.165, 1.54) is 16.9 Å². The summed E-state index contributed by atoms with van der Waals surface area (Å²) in [5, 5.41) is 0. The average Bonchev–Trinajstić information content (AvgIpc) is 3.21. The van der Waals surface area contributed by atoms with Crippen molar-refractivity contribution in [1.82, 2.24) is 4.57 Å². The van der Waals surface area contributed by atoms with Gasteiger partial charge in [0.15, 0.2) is 4.80 Å². The number of rotatable bonds is 10. The molecule has 0 unspecified atom stereocenters. The number of aromatic nitrogens is 1. The summed E-state index contributed by atoms with van der Waals surface area (Å²) in [5.41, 5.74) is 3.48. The summed E-state index contributed by atoms with van der Waals surface area (Å²) >= 11 is 1.31. The molecule has 1 aliphatic rings. The van der Waals surface area contributed by atoms with E-state index in [1.54, 1.807) is 18.6 Å². The van der Waals surface area contributed by atoms with E-state index in [-0.39, 0.29) is 18.8 Å². The molecule has 2 aromatic carbocycles. The van der Waals surface area contributed by atoms with Gasteiger partial charge in [-0.3, -0.25) is 9.36 Å². The number of thiazole rings is 1. The molecule has 0 radical (unpaired) electrons. The van der Waals surface area contributed by atoms with Crippen LogP contribution in [0.3, 0.4) is 0 Å². The number of carbonyl (C=O) groups is 1. The van der Waals surface area contributed by atoms with Gasteiger partial charge < -0.3 is 14.2 Å². The highest BCUT2D eigenvalue weighted by atomic mass is 32.1. The highest BCUT2D eigenvalue weighted by molar-refractivity contribution is 7.07. The molecule has 0 bridgehead atoms. The summed E-state index contributed by atoms with van der Waals surface area (Å²) in [6.07, 6.45) is 2.70. The molecule has 0 saturated carbocycles. The molecule has 0 amide bonds. The molecular formula is C30H34N2O5S. The predicted octanol–water partition coefficient (Wildman–Crippen LogP) is 4.34. The maximum atomic E-state index is 13.9. The zero-order chi connectivity index (χ0) is 27.2. The van der Waals surface area contributed by atoms with Gasteiger partial charge in [-0.2, -0.15) is 0 Å². The predicted molar refractivity (Wildman–Crippen MR) is 149 cm³/mol. The number of hydrogen-bond acceptors (Lipinski definition) is 7. The fourth-order valence-corrected chi connectivity index (χ4v) is 5.40. The number of fused-ring (bicyclic) bond motifs is 1. The van der Waals surface area contributed by atoms with Crippen molar-refractivity contribution in [2.24, 2.45) is 4.99 Å². The SMILES string of the molecule is CCCOc1ccccc1[C@@H]1C(C(=O)OCCOC)=C(C)N=c2s/c(=C/c3ccc(C(C)C)cc3)c(=O)n21. The molecular weight excluding hydrogens is 500 g/mol. The van der Waals surface area contributed by atoms with Crippen LogP contribution < -0.4 is 19.6 Å². The number of para-hydroxylation sites is 1. The second-order valence-electron chi connectivity index (χ2n) is 9.42. The molecule has 0 N–H and O–H groups in total. The number of allylic oxidation sites excluding steroid dienone is 1. The summed E-state index contributed by atoms with van der Waals surface area (Å²) in [4.78, 5) is 32.4. The lowest BCUT2D eigenvalue weighted by molar-refractivity contribution is -0.140. The number of carbonyl (C=O) groups excluding carboxylic acids is 1. The molecule has 0 spiro atoms. The Morgan fingerprint density at radius 2 is 1.84 bits per heavy atom. The van der Waals surface area contributed by atoms with Crippen molar-refractivity contribution in [1.29, 1.82) is 0 Å². The Morgan fingerprint density at radius 3 is 2.53 bits per heavy atom. The summed E-state index contributed by atoms with van der Waals surface area (Å²) in [7, 11) is 1.55. The van der Waals surface area contributed by atoms with E-state index in [1.807, 2.05) is 49.4 Å². The highest BCUT2D eigenvalue weighted by Crippen LogP contribution is 2.36. The van der Waals surface area contributed by atoms with Crippen LogP contribution in [0.4, 0.5) is 0 Å². The minimum absolute atomic E-state index is 0.101. The number of hydrogen-bond donors (Lipinski definition) is 0. The van der Waals surface area contributed by atoms with Crippen molar-refractivity contribution in [3.8, 4) is 5.75 Å². The van der Waals surface area contributed by atoms with E-state index in [0.717, 1.165) is 12.0 Å². The van der Waals surface area contributed by atoms with Crippen molar-refractivity contribution < 1.29 is 19.0 Å². The maximum absolute atomic E-state index is 13.9. The number of nitrogens with zero attached hydrogens (tertiary/aromatic N) is 2. The van der Waals surface area contributed by atoms with E-state index >= 15 is 0 Å². The number of benzene rings is 2. The quantitative estimate of drug-likeness (QED) is 0.286. The first-order valence-corrected chi connectivity index (χ1v) is 13.7. The Hall–Kier alpha value is -3.49. The highest BCUT2D eigenvalue weighted by Gasteiger charge is 2.35. The van der Waals surface area contributed by atoms with E-state index in [0.29, 0.717) is 44.4 Å². The average molecular weight is 535 g/mol. The maximum Gasteiger partial charge on any atom is 0.338 e. The zero-order valence-corrected chi connectivity index (χ0v) is 23.3. The van der Waals surface area contributed by atoms with Gasteiger partial charge in [-0.15, -0.1) is 0 Å². The van der Waals surface area contributed by atoms with Crippen molar-refractivity contribution in [2.45, 2.75) is 46.1 Å². The van der Waals surface area contributed by atoms with Crippen molar-refractivity contribution in [3.63, 3.8) is 0 Å². The smallest absolute Gasteiger partial charge is 0.338 e. The van der Waals surface area contributed by atoms with E-state index in [9.17, 15) is 9.59 Å². The van der Waals surface area contributed by atoms with Gasteiger partial charge in [0.25, 0.3) is 5.56 Å². The lowest BCUT2D eigenvalue weighted by Gasteiger charge is -2.26. The molecule has 1 atom stereocenters. The molecule has 38 heavy (non-hydrogen) atoms. The summed E-state index contributed by atoms with van der Waals surface area (Å²) < 4.78 is 18.7. The van der Waals surface area contributed by atoms with Crippen molar-refractivity contribution in [2.75, 3.05) is 26.9 Å². The molecule has 8 heteroatoms. The van der Waals surface area contributed by atoms with Crippen LogP contribution in [0.1, 0.15) is 62.8 Å².